The van der Waals surface area contributed by atoms with E-state index in [4.69, 9.17) is 27.9 Å². The van der Waals surface area contributed by atoms with Gasteiger partial charge in [-0.15, -0.1) is 0 Å². The molecule has 1 heterocycles. The molecule has 1 N–H and O–H groups in total. The highest BCUT2D eigenvalue weighted by molar-refractivity contribution is 6.35. The van der Waals surface area contributed by atoms with Crippen LogP contribution < -0.4 is 5.43 Å². The molecule has 5 nitrogen and oxygen atoms in total. The number of carbonyl (C=O) groups is 2. The molecule has 24 heavy (non-hydrogen) atoms. The van der Waals surface area contributed by atoms with Crippen LogP contribution in [-0.2, 0) is 9.53 Å². The number of fused-ring (bicyclic) bond motifs is 1. The number of esters is 1. The van der Waals surface area contributed by atoms with Gasteiger partial charge in [0.15, 0.2) is 0 Å². The maximum atomic E-state index is 12.0. The van der Waals surface area contributed by atoms with Crippen molar-refractivity contribution in [2.75, 3.05) is 0 Å². The van der Waals surface area contributed by atoms with E-state index in [1.165, 1.54) is 6.21 Å². The van der Waals surface area contributed by atoms with Gasteiger partial charge in [0.25, 0.3) is 0 Å². The van der Waals surface area contributed by atoms with Crippen molar-refractivity contribution in [3.8, 4) is 0 Å². The Hall–Kier alpha value is -2.37. The van der Waals surface area contributed by atoms with Gasteiger partial charge in [0, 0.05) is 15.6 Å². The van der Waals surface area contributed by atoms with E-state index in [9.17, 15) is 9.59 Å². The molecule has 2 aromatic rings. The minimum absolute atomic E-state index is 0.00358. The van der Waals surface area contributed by atoms with E-state index in [0.717, 1.165) is 0 Å². The molecule has 1 amide bonds. The average molecular weight is 363 g/mol. The number of ether oxygens (including phenoxy) is 1. The van der Waals surface area contributed by atoms with E-state index < -0.39 is 12.1 Å². The SMILES string of the molecule is O=C(CC1OC(=O)c2ccccc21)NN=Cc1cc(Cl)cc(Cl)c1. The van der Waals surface area contributed by atoms with Gasteiger partial charge in [-0.3, -0.25) is 4.79 Å². The summed E-state index contributed by atoms with van der Waals surface area (Å²) in [5.41, 5.74) is 4.26. The summed E-state index contributed by atoms with van der Waals surface area (Å²) >= 11 is 11.8. The Kier molecular flexibility index (Phi) is 4.83. The van der Waals surface area contributed by atoms with Gasteiger partial charge < -0.3 is 4.74 Å². The third-order valence-corrected chi connectivity index (χ3v) is 3.87. The molecule has 0 aromatic heterocycles. The van der Waals surface area contributed by atoms with Crippen LogP contribution in [0.5, 0.6) is 0 Å². The highest BCUT2D eigenvalue weighted by Gasteiger charge is 2.31. The van der Waals surface area contributed by atoms with Gasteiger partial charge in [-0.25, -0.2) is 10.2 Å². The molecule has 1 unspecified atom stereocenters. The zero-order valence-electron chi connectivity index (χ0n) is 12.3. The molecule has 122 valence electrons. The second kappa shape index (κ2) is 7.03. The van der Waals surface area contributed by atoms with Crippen molar-refractivity contribution in [1.29, 1.82) is 0 Å². The minimum Gasteiger partial charge on any atom is -0.453 e. The van der Waals surface area contributed by atoms with E-state index in [2.05, 4.69) is 10.5 Å². The van der Waals surface area contributed by atoms with Crippen LogP contribution in [0.4, 0.5) is 0 Å². The molecule has 7 heteroatoms. The smallest absolute Gasteiger partial charge is 0.339 e. The van der Waals surface area contributed by atoms with Crippen LogP contribution in [-0.4, -0.2) is 18.1 Å². The van der Waals surface area contributed by atoms with Crippen LogP contribution >= 0.6 is 23.2 Å². The van der Waals surface area contributed by atoms with Crippen LogP contribution in [0.25, 0.3) is 0 Å². The number of carbonyl (C=O) groups excluding carboxylic acids is 2. The summed E-state index contributed by atoms with van der Waals surface area (Å²) in [4.78, 5) is 23.7. The Morgan fingerprint density at radius 3 is 2.67 bits per heavy atom. The number of hydrogen-bond donors (Lipinski definition) is 1. The third kappa shape index (κ3) is 3.75. The van der Waals surface area contributed by atoms with Crippen LogP contribution in [0, 0.1) is 0 Å². The molecule has 0 saturated heterocycles. The van der Waals surface area contributed by atoms with Crippen LogP contribution in [0.3, 0.4) is 0 Å². The van der Waals surface area contributed by atoms with Crippen LogP contribution in [0.2, 0.25) is 10.0 Å². The lowest BCUT2D eigenvalue weighted by atomic mass is 10.0. The standard InChI is InChI=1S/C17H12Cl2N2O3/c18-11-5-10(6-12(19)7-11)9-20-21-16(22)8-15-13-3-1-2-4-14(13)17(23)24-15/h1-7,9,15H,8H2,(H,21,22). The summed E-state index contributed by atoms with van der Waals surface area (Å²) in [5.74, 6) is -0.783. The summed E-state index contributed by atoms with van der Waals surface area (Å²) < 4.78 is 5.21. The lowest BCUT2D eigenvalue weighted by molar-refractivity contribution is -0.122. The molecule has 0 bridgehead atoms. The number of nitrogens with zero attached hydrogens (tertiary/aromatic N) is 1. The highest BCUT2D eigenvalue weighted by atomic mass is 35.5. The van der Waals surface area contributed by atoms with E-state index >= 15 is 0 Å². The quantitative estimate of drug-likeness (QED) is 0.511. The predicted molar refractivity (Wildman–Crippen MR) is 91.4 cm³/mol. The fourth-order valence-electron chi connectivity index (χ4n) is 2.41. The fourth-order valence-corrected chi connectivity index (χ4v) is 2.96. The first-order valence-corrected chi connectivity index (χ1v) is 7.86. The summed E-state index contributed by atoms with van der Waals surface area (Å²) in [6.45, 7) is 0. The van der Waals surface area contributed by atoms with Gasteiger partial charge >= 0.3 is 5.97 Å². The Labute approximate surface area is 148 Å². The Bertz CT molecular complexity index is 816. The van der Waals surface area contributed by atoms with E-state index in [-0.39, 0.29) is 12.3 Å². The van der Waals surface area contributed by atoms with Gasteiger partial charge in [0.1, 0.15) is 6.10 Å². The Morgan fingerprint density at radius 2 is 1.92 bits per heavy atom. The molecule has 0 aliphatic carbocycles. The predicted octanol–water partition coefficient (Wildman–Crippen LogP) is 3.75. The second-order valence-corrected chi connectivity index (χ2v) is 6.05. The van der Waals surface area contributed by atoms with Crippen molar-refractivity contribution in [1.82, 2.24) is 5.43 Å². The lowest BCUT2D eigenvalue weighted by Crippen LogP contribution is -2.20. The molecule has 1 atom stereocenters. The average Bonchev–Trinajstić information content (AvgIpc) is 2.83. The molecule has 2 aromatic carbocycles. The highest BCUT2D eigenvalue weighted by Crippen LogP contribution is 2.32. The van der Waals surface area contributed by atoms with E-state index in [1.54, 1.807) is 42.5 Å². The summed E-state index contributed by atoms with van der Waals surface area (Å²) in [5, 5.41) is 4.81. The van der Waals surface area contributed by atoms with Gasteiger partial charge in [0.05, 0.1) is 18.2 Å². The van der Waals surface area contributed by atoms with Crippen molar-refractivity contribution >= 4 is 41.3 Å². The Morgan fingerprint density at radius 1 is 1.21 bits per heavy atom. The summed E-state index contributed by atoms with van der Waals surface area (Å²) in [6, 6.07) is 11.9. The van der Waals surface area contributed by atoms with E-state index in [1.807, 2.05) is 0 Å². The fraction of sp³-hybridized carbons (Fsp3) is 0.118. The third-order valence-electron chi connectivity index (χ3n) is 3.44. The first-order valence-electron chi connectivity index (χ1n) is 7.11. The molecular weight excluding hydrogens is 351 g/mol. The van der Waals surface area contributed by atoms with Gasteiger partial charge in [-0.1, -0.05) is 41.4 Å². The number of rotatable bonds is 4. The first kappa shape index (κ1) is 16.5. The largest absolute Gasteiger partial charge is 0.453 e. The van der Waals surface area contributed by atoms with Crippen LogP contribution in [0.15, 0.2) is 47.6 Å². The van der Waals surface area contributed by atoms with Crippen molar-refractivity contribution < 1.29 is 14.3 Å². The molecule has 0 fully saturated rings. The number of hydrogen-bond acceptors (Lipinski definition) is 4. The maximum Gasteiger partial charge on any atom is 0.339 e. The zero-order chi connectivity index (χ0) is 17.1. The number of cyclic esters (lactones) is 1. The molecule has 3 rings (SSSR count). The number of amides is 1. The zero-order valence-corrected chi connectivity index (χ0v) is 13.8. The molecule has 1 aliphatic rings. The summed E-state index contributed by atoms with van der Waals surface area (Å²) in [6.07, 6.45) is 0.838. The summed E-state index contributed by atoms with van der Waals surface area (Å²) in [7, 11) is 0. The molecule has 1 aliphatic heterocycles. The number of benzene rings is 2. The van der Waals surface area contributed by atoms with Crippen molar-refractivity contribution in [2.45, 2.75) is 12.5 Å². The van der Waals surface area contributed by atoms with Crippen molar-refractivity contribution in [3.63, 3.8) is 0 Å². The number of hydrazone groups is 1. The Balaban J connectivity index is 1.61. The number of nitrogens with one attached hydrogen (secondary N) is 1. The molecule has 0 radical (unpaired) electrons. The van der Waals surface area contributed by atoms with Crippen LogP contribution in [0.1, 0.15) is 34.0 Å². The normalized spacial score (nSPS) is 16.1. The van der Waals surface area contributed by atoms with Crippen molar-refractivity contribution in [3.05, 3.63) is 69.2 Å². The lowest BCUT2D eigenvalue weighted by Gasteiger charge is -2.09. The monoisotopic (exact) mass is 362 g/mol. The first-order chi connectivity index (χ1) is 11.5. The van der Waals surface area contributed by atoms with Gasteiger partial charge in [-0.05, 0) is 29.8 Å². The second-order valence-electron chi connectivity index (χ2n) is 5.18. The topological polar surface area (TPSA) is 67.8 Å². The van der Waals surface area contributed by atoms with E-state index in [0.29, 0.717) is 26.7 Å². The minimum atomic E-state index is -0.593. The molecule has 0 spiro atoms. The molecule has 0 saturated carbocycles. The van der Waals surface area contributed by atoms with Crippen molar-refractivity contribution in [2.24, 2.45) is 5.10 Å². The maximum absolute atomic E-state index is 12.0. The van der Waals surface area contributed by atoms with Gasteiger partial charge in [0.2, 0.25) is 5.91 Å². The molecular formula is C17H12Cl2N2O3. The van der Waals surface area contributed by atoms with Gasteiger partial charge in [-0.2, -0.15) is 5.10 Å². The number of halogens is 2.